The average Bonchev–Trinajstić information content (AvgIpc) is 3.43. The zero-order valence-corrected chi connectivity index (χ0v) is 46.4. The predicted octanol–water partition coefficient (Wildman–Crippen LogP) is 4.70. The van der Waals surface area contributed by atoms with Gasteiger partial charge in [0.2, 0.25) is 5.91 Å². The monoisotopic (exact) mass is 1100 g/mol. The number of aliphatic hydroxyl groups excluding tert-OH is 11. The van der Waals surface area contributed by atoms with E-state index in [2.05, 4.69) is 55.6 Å². The van der Waals surface area contributed by atoms with E-state index in [1.165, 1.54) is 83.5 Å². The first-order chi connectivity index (χ1) is 37.3. The molecule has 17 atom stereocenters. The third kappa shape index (κ3) is 26.0. The highest BCUT2D eigenvalue weighted by molar-refractivity contribution is 5.76. The number of hydrogen-bond acceptors (Lipinski definition) is 18. The fraction of sp³-hybridized carbons (Fsp3) is 0.845. The molecular weight excluding hydrogens is 999 g/mol. The van der Waals surface area contributed by atoms with Gasteiger partial charge in [-0.05, 0) is 70.6 Å². The van der Waals surface area contributed by atoms with Crippen molar-refractivity contribution in [1.82, 2.24) is 5.32 Å². The third-order valence-electron chi connectivity index (χ3n) is 14.6. The fourth-order valence-corrected chi connectivity index (χ4v) is 9.69. The maximum Gasteiger partial charge on any atom is 0.220 e. The van der Waals surface area contributed by atoms with Crippen LogP contribution in [0.25, 0.3) is 0 Å². The van der Waals surface area contributed by atoms with E-state index in [0.717, 1.165) is 64.2 Å². The van der Waals surface area contributed by atoms with E-state index in [4.69, 9.17) is 28.4 Å². The number of aliphatic hydroxyl groups is 11. The summed E-state index contributed by atoms with van der Waals surface area (Å²) in [5.74, 6) is -0.301. The van der Waals surface area contributed by atoms with Crippen LogP contribution in [0.2, 0.25) is 0 Å². The second-order valence-corrected chi connectivity index (χ2v) is 21.1. The Balaban J connectivity index is 1.54. The Hall–Kier alpha value is -2.25. The van der Waals surface area contributed by atoms with Crippen LogP contribution in [0, 0.1) is 0 Å². The molecule has 0 spiro atoms. The fourth-order valence-electron chi connectivity index (χ4n) is 9.69. The first-order valence-corrected chi connectivity index (χ1v) is 29.4. The number of ether oxygens (including phenoxy) is 6. The number of nitrogens with one attached hydrogen (secondary N) is 1. The second kappa shape index (κ2) is 41.7. The molecule has 12 N–H and O–H groups in total. The summed E-state index contributed by atoms with van der Waals surface area (Å²) in [6.45, 7) is 1.66. The van der Waals surface area contributed by atoms with Crippen LogP contribution in [0.1, 0.15) is 181 Å². The zero-order valence-electron chi connectivity index (χ0n) is 46.4. The van der Waals surface area contributed by atoms with Crippen LogP contribution in [0.5, 0.6) is 0 Å². The number of rotatable bonds is 42. The average molecular weight is 1100 g/mol. The van der Waals surface area contributed by atoms with E-state index in [-0.39, 0.29) is 18.9 Å². The third-order valence-corrected chi connectivity index (χ3v) is 14.6. The molecule has 0 aliphatic carbocycles. The van der Waals surface area contributed by atoms with Crippen molar-refractivity contribution in [2.24, 2.45) is 0 Å². The lowest BCUT2D eigenvalue weighted by Crippen LogP contribution is -2.66. The first-order valence-electron chi connectivity index (χ1n) is 29.4. The van der Waals surface area contributed by atoms with E-state index >= 15 is 0 Å². The summed E-state index contributed by atoms with van der Waals surface area (Å²) < 4.78 is 34.2. The van der Waals surface area contributed by atoms with Gasteiger partial charge in [0.25, 0.3) is 0 Å². The number of carbonyl (C=O) groups excluding carboxylic acids is 1. The molecule has 3 saturated heterocycles. The molecule has 0 saturated carbocycles. The van der Waals surface area contributed by atoms with Crippen molar-refractivity contribution in [2.45, 2.75) is 285 Å². The molecule has 19 nitrogen and oxygen atoms in total. The number of amides is 1. The van der Waals surface area contributed by atoms with Crippen molar-refractivity contribution < 1.29 is 89.4 Å². The molecule has 3 heterocycles. The first kappa shape index (κ1) is 69.0. The Bertz CT molecular complexity index is 1600. The van der Waals surface area contributed by atoms with E-state index in [1.807, 2.05) is 6.08 Å². The molecule has 448 valence electrons. The van der Waals surface area contributed by atoms with E-state index < -0.39 is 124 Å². The molecule has 17 unspecified atom stereocenters. The highest BCUT2D eigenvalue weighted by Crippen LogP contribution is 2.33. The lowest BCUT2D eigenvalue weighted by molar-refractivity contribution is -0.379. The Morgan fingerprint density at radius 1 is 0.455 bits per heavy atom. The normalized spacial score (nSPS) is 31.1. The zero-order chi connectivity index (χ0) is 56.2. The quantitative estimate of drug-likeness (QED) is 0.0291. The van der Waals surface area contributed by atoms with Gasteiger partial charge in [-0.2, -0.15) is 0 Å². The standard InChI is InChI=1S/C58H103NO18/c1-3-5-7-9-11-13-15-17-19-21-23-25-27-29-31-33-35-42(63)41(59-46(64)36-34-32-30-28-26-24-22-20-18-16-14-12-10-8-6-4-2)40-72-56-52(70)49(67)54(44(38-61)74-56)77-58-53(71)50(68)55(45(39-62)75-58)76-57-51(69)48(66)47(65)43(37-60)73-57/h17,19-20,22,25,27,33,35,41-45,47-58,60-63,65-71H,3-16,18,21,23-24,26,28-32,34,36-40H2,1-2H3,(H,59,64)/b19-17+,22-20-,27-25+,35-33+. The minimum absolute atomic E-state index is 0.221. The van der Waals surface area contributed by atoms with Crippen molar-refractivity contribution in [2.75, 3.05) is 26.4 Å². The molecular formula is C58H103NO18. The van der Waals surface area contributed by atoms with Gasteiger partial charge in [-0.1, -0.05) is 152 Å². The summed E-state index contributed by atoms with van der Waals surface area (Å²) in [6.07, 6.45) is 18.1. The van der Waals surface area contributed by atoms with Crippen LogP contribution in [0.4, 0.5) is 0 Å². The molecule has 3 aliphatic rings. The number of unbranched alkanes of at least 4 members (excludes halogenated alkanes) is 20. The molecule has 0 aromatic rings. The van der Waals surface area contributed by atoms with Crippen LogP contribution in [0.15, 0.2) is 48.6 Å². The summed E-state index contributed by atoms with van der Waals surface area (Å²) in [6, 6.07) is -0.999. The van der Waals surface area contributed by atoms with Gasteiger partial charge in [0.05, 0.1) is 38.6 Å². The molecule has 0 aromatic carbocycles. The molecule has 77 heavy (non-hydrogen) atoms. The highest BCUT2D eigenvalue weighted by atomic mass is 16.8. The number of allylic oxidation sites excluding steroid dienone is 7. The Morgan fingerprint density at radius 2 is 0.831 bits per heavy atom. The van der Waals surface area contributed by atoms with Gasteiger partial charge in [-0.25, -0.2) is 0 Å². The Kier molecular flexibility index (Phi) is 37.4. The van der Waals surface area contributed by atoms with Crippen molar-refractivity contribution in [3.05, 3.63) is 48.6 Å². The van der Waals surface area contributed by atoms with Gasteiger partial charge in [0, 0.05) is 6.42 Å². The summed E-state index contributed by atoms with van der Waals surface area (Å²) in [5.41, 5.74) is 0. The number of hydrogen-bond donors (Lipinski definition) is 12. The minimum Gasteiger partial charge on any atom is -0.394 e. The molecule has 0 bridgehead atoms. The Labute approximate surface area is 459 Å². The highest BCUT2D eigenvalue weighted by Gasteiger charge is 2.53. The molecule has 1 amide bonds. The van der Waals surface area contributed by atoms with E-state index in [0.29, 0.717) is 12.8 Å². The van der Waals surface area contributed by atoms with Gasteiger partial charge >= 0.3 is 0 Å². The Morgan fingerprint density at radius 3 is 1.30 bits per heavy atom. The van der Waals surface area contributed by atoms with Gasteiger partial charge < -0.3 is 89.9 Å². The number of carbonyl (C=O) groups is 1. The van der Waals surface area contributed by atoms with Crippen molar-refractivity contribution in [1.29, 1.82) is 0 Å². The van der Waals surface area contributed by atoms with Crippen LogP contribution in [0.3, 0.4) is 0 Å². The summed E-state index contributed by atoms with van der Waals surface area (Å²) in [7, 11) is 0. The topological polar surface area (TPSA) is 307 Å². The summed E-state index contributed by atoms with van der Waals surface area (Å²) >= 11 is 0. The van der Waals surface area contributed by atoms with Gasteiger partial charge in [-0.15, -0.1) is 0 Å². The molecule has 0 aromatic heterocycles. The maximum absolute atomic E-state index is 13.3. The maximum atomic E-state index is 13.3. The van der Waals surface area contributed by atoms with Crippen LogP contribution in [-0.2, 0) is 33.2 Å². The van der Waals surface area contributed by atoms with Crippen LogP contribution in [-0.4, -0.2) is 193 Å². The minimum atomic E-state index is -1.98. The molecule has 0 radical (unpaired) electrons. The summed E-state index contributed by atoms with van der Waals surface area (Å²) in [5, 5.41) is 120. The van der Waals surface area contributed by atoms with E-state index in [1.54, 1.807) is 6.08 Å². The largest absolute Gasteiger partial charge is 0.394 e. The second-order valence-electron chi connectivity index (χ2n) is 21.1. The van der Waals surface area contributed by atoms with Gasteiger partial charge in [0.1, 0.15) is 73.2 Å². The van der Waals surface area contributed by atoms with Gasteiger partial charge in [0.15, 0.2) is 18.9 Å². The molecule has 3 rings (SSSR count). The van der Waals surface area contributed by atoms with Crippen LogP contribution < -0.4 is 5.32 Å². The lowest BCUT2D eigenvalue weighted by atomic mass is 9.96. The van der Waals surface area contributed by atoms with Crippen molar-refractivity contribution in [3.8, 4) is 0 Å². The lowest BCUT2D eigenvalue weighted by Gasteiger charge is -2.48. The van der Waals surface area contributed by atoms with Crippen LogP contribution >= 0.6 is 0 Å². The molecule has 3 aliphatic heterocycles. The molecule has 3 fully saturated rings. The predicted molar refractivity (Wildman–Crippen MR) is 291 cm³/mol. The SMILES string of the molecule is CCCCCCCC/C=C/CC/C=C/CC/C=C/C(O)C(COC1OC(CO)C(OC2OC(CO)C(OC3OC(CO)C(O)C(O)C3O)C(O)C2O)C(O)C1O)NC(=O)CCCCCCC/C=C\CCCCCCCCC. The molecule has 19 heteroatoms. The van der Waals surface area contributed by atoms with Gasteiger partial charge in [-0.3, -0.25) is 4.79 Å². The van der Waals surface area contributed by atoms with E-state index in [9.17, 15) is 61.0 Å². The van der Waals surface area contributed by atoms with Crippen molar-refractivity contribution >= 4 is 5.91 Å². The summed E-state index contributed by atoms with van der Waals surface area (Å²) in [4.78, 5) is 13.3. The van der Waals surface area contributed by atoms with Crippen molar-refractivity contribution in [3.63, 3.8) is 0 Å². The smallest absolute Gasteiger partial charge is 0.220 e.